The second kappa shape index (κ2) is 9.95. The molecule has 0 aromatic heterocycles. The van der Waals surface area contributed by atoms with Crippen molar-refractivity contribution in [2.24, 2.45) is 0 Å². The number of aliphatic carboxylic acids is 1. The lowest BCUT2D eigenvalue weighted by Gasteiger charge is -2.15. The fourth-order valence-electron chi connectivity index (χ4n) is 2.73. The van der Waals surface area contributed by atoms with Crippen LogP contribution in [0.3, 0.4) is 0 Å². The number of hydrogen-bond donors (Lipinski definition) is 2. The maximum Gasteiger partial charge on any atom is 0.393 e. The number of carboxylic acids is 1. The third kappa shape index (κ3) is 6.94. The molecule has 0 heterocycles. The first-order chi connectivity index (χ1) is 14.1. The molecule has 1 unspecified atom stereocenters. The molecule has 0 radical (unpaired) electrons. The molecule has 162 valence electrons. The van der Waals surface area contributed by atoms with Gasteiger partial charge in [-0.15, -0.1) is 0 Å². The van der Waals surface area contributed by atoms with E-state index in [0.29, 0.717) is 24.3 Å². The Kier molecular flexibility index (Phi) is 7.62. The molecular weight excluding hydrogens is 405 g/mol. The molecule has 1 atom stereocenters. The number of alkyl halides is 3. The average Bonchev–Trinajstić information content (AvgIpc) is 2.66. The molecule has 7 nitrogen and oxygen atoms in total. The smallest absolute Gasteiger partial charge is 0.393 e. The lowest BCUT2D eigenvalue weighted by Crippen LogP contribution is -2.26. The molecule has 30 heavy (non-hydrogen) atoms. The van der Waals surface area contributed by atoms with Gasteiger partial charge in [0.25, 0.3) is 5.69 Å². The summed E-state index contributed by atoms with van der Waals surface area (Å²) in [6.07, 6.45) is -4.82. The largest absolute Gasteiger partial charge is 0.479 e. The van der Waals surface area contributed by atoms with Gasteiger partial charge >= 0.3 is 12.1 Å². The Balaban J connectivity index is 2.14. The number of nitrogens with zero attached hydrogens (tertiary/aromatic N) is 1. The summed E-state index contributed by atoms with van der Waals surface area (Å²) in [5.41, 5.74) is -0.238. The van der Waals surface area contributed by atoms with Crippen molar-refractivity contribution in [1.29, 1.82) is 0 Å². The Labute approximate surface area is 170 Å². The molecule has 0 saturated carbocycles. The minimum absolute atomic E-state index is 0.0333. The number of unbranched alkanes of at least 4 members (excludes halogenated alkanes) is 1. The van der Waals surface area contributed by atoms with Crippen LogP contribution in [0.25, 0.3) is 0 Å². The molecule has 2 aromatic rings. The number of nitro groups is 1. The van der Waals surface area contributed by atoms with Crippen LogP contribution in [0.2, 0.25) is 0 Å². The van der Waals surface area contributed by atoms with Gasteiger partial charge in [-0.3, -0.25) is 10.1 Å². The van der Waals surface area contributed by atoms with Gasteiger partial charge in [0.15, 0.2) is 6.10 Å². The number of hydrogen-bond acceptors (Lipinski definition) is 5. The zero-order chi connectivity index (χ0) is 22.3. The summed E-state index contributed by atoms with van der Waals surface area (Å²) in [5, 5.41) is 23.3. The second-order valence-corrected chi connectivity index (χ2v) is 6.64. The topological polar surface area (TPSA) is 102 Å². The molecule has 2 aromatic carbocycles. The second-order valence-electron chi connectivity index (χ2n) is 6.64. The first kappa shape index (κ1) is 23.0. The zero-order valence-electron chi connectivity index (χ0n) is 16.1. The Morgan fingerprint density at radius 2 is 1.90 bits per heavy atom. The van der Waals surface area contributed by atoms with Crippen LogP contribution >= 0.6 is 0 Å². The highest BCUT2D eigenvalue weighted by atomic mass is 19.4. The molecule has 0 aliphatic carbocycles. The number of rotatable bonds is 10. The summed E-state index contributed by atoms with van der Waals surface area (Å²) in [6, 6.07) is 9.35. The molecule has 2 N–H and O–H groups in total. The Hall–Kier alpha value is -3.30. The van der Waals surface area contributed by atoms with E-state index in [0.717, 1.165) is 12.5 Å². The van der Waals surface area contributed by atoms with Crippen molar-refractivity contribution in [3.05, 3.63) is 58.1 Å². The summed E-state index contributed by atoms with van der Waals surface area (Å²) in [7, 11) is 0. The SMILES string of the molecule is CCCCC(Oc1ccc(Nc2ccc(CC(F)(F)F)cc2[N+](=O)[O-])cc1)C(=O)O. The van der Waals surface area contributed by atoms with Gasteiger partial charge in [-0.2, -0.15) is 13.2 Å². The van der Waals surface area contributed by atoms with Crippen LogP contribution in [0.5, 0.6) is 5.75 Å². The van der Waals surface area contributed by atoms with Crippen LogP contribution < -0.4 is 10.1 Å². The van der Waals surface area contributed by atoms with Gasteiger partial charge in [-0.25, -0.2) is 4.79 Å². The molecule has 2 rings (SSSR count). The summed E-state index contributed by atoms with van der Waals surface area (Å²) >= 11 is 0. The van der Waals surface area contributed by atoms with Crippen molar-refractivity contribution in [2.45, 2.75) is 44.9 Å². The quantitative estimate of drug-likeness (QED) is 0.386. The molecule has 10 heteroatoms. The van der Waals surface area contributed by atoms with E-state index in [1.165, 1.54) is 36.4 Å². The van der Waals surface area contributed by atoms with Crippen LogP contribution in [-0.2, 0) is 11.2 Å². The normalized spacial score (nSPS) is 12.3. The number of nitro benzene ring substituents is 1. The molecule has 0 amide bonds. The van der Waals surface area contributed by atoms with Gasteiger partial charge < -0.3 is 15.2 Å². The third-order valence-corrected chi connectivity index (χ3v) is 4.17. The van der Waals surface area contributed by atoms with E-state index < -0.39 is 35.3 Å². The van der Waals surface area contributed by atoms with E-state index in [1.807, 2.05) is 6.92 Å². The van der Waals surface area contributed by atoms with Gasteiger partial charge in [0.1, 0.15) is 11.4 Å². The molecule has 0 fully saturated rings. The predicted octanol–water partition coefficient (Wildman–Crippen LogP) is 5.47. The zero-order valence-corrected chi connectivity index (χ0v) is 16.1. The molecular formula is C20H21F3N2O5. The standard InChI is InChI=1S/C20H21F3N2O5/c1-2-3-4-18(19(26)27)30-15-8-6-14(7-9-15)24-16-10-5-13(12-20(21,22)23)11-17(16)25(28)29/h5-11,18,24H,2-4,12H2,1H3,(H,26,27). The van der Waals surface area contributed by atoms with Crippen molar-refractivity contribution in [3.8, 4) is 5.75 Å². The number of halogens is 3. The van der Waals surface area contributed by atoms with Crippen LogP contribution in [0, 0.1) is 10.1 Å². The van der Waals surface area contributed by atoms with Gasteiger partial charge in [-0.1, -0.05) is 19.4 Å². The summed E-state index contributed by atoms with van der Waals surface area (Å²) < 4.78 is 43.1. The minimum Gasteiger partial charge on any atom is -0.479 e. The molecule has 0 spiro atoms. The third-order valence-electron chi connectivity index (χ3n) is 4.17. The van der Waals surface area contributed by atoms with Gasteiger partial charge in [0, 0.05) is 11.8 Å². The first-order valence-corrected chi connectivity index (χ1v) is 9.19. The van der Waals surface area contributed by atoms with E-state index in [1.54, 1.807) is 0 Å². The molecule has 0 saturated heterocycles. The van der Waals surface area contributed by atoms with Crippen LogP contribution in [0.4, 0.5) is 30.2 Å². The van der Waals surface area contributed by atoms with Gasteiger partial charge in [0.05, 0.1) is 11.3 Å². The maximum atomic E-state index is 12.5. The van der Waals surface area contributed by atoms with Crippen LogP contribution in [-0.4, -0.2) is 28.3 Å². The number of carboxylic acid groups (broad SMARTS) is 1. The Morgan fingerprint density at radius 3 is 2.43 bits per heavy atom. The van der Waals surface area contributed by atoms with E-state index in [2.05, 4.69) is 5.32 Å². The van der Waals surface area contributed by atoms with Crippen LogP contribution in [0.1, 0.15) is 31.7 Å². The van der Waals surface area contributed by atoms with Crippen molar-refractivity contribution >= 4 is 23.0 Å². The van der Waals surface area contributed by atoms with E-state index in [-0.39, 0.29) is 11.3 Å². The van der Waals surface area contributed by atoms with Gasteiger partial charge in [-0.05, 0) is 48.7 Å². The maximum absolute atomic E-state index is 12.5. The van der Waals surface area contributed by atoms with Crippen molar-refractivity contribution in [3.63, 3.8) is 0 Å². The fourth-order valence-corrected chi connectivity index (χ4v) is 2.73. The number of anilines is 2. The number of ether oxygens (including phenoxy) is 1. The first-order valence-electron chi connectivity index (χ1n) is 9.19. The van der Waals surface area contributed by atoms with E-state index in [4.69, 9.17) is 4.74 Å². The predicted molar refractivity (Wildman–Crippen MR) is 104 cm³/mol. The Morgan fingerprint density at radius 1 is 1.23 bits per heavy atom. The minimum atomic E-state index is -4.47. The summed E-state index contributed by atoms with van der Waals surface area (Å²) in [6.45, 7) is 1.94. The monoisotopic (exact) mass is 426 g/mol. The van der Waals surface area contributed by atoms with Crippen molar-refractivity contribution < 1.29 is 32.7 Å². The van der Waals surface area contributed by atoms with Gasteiger partial charge in [0.2, 0.25) is 0 Å². The highest BCUT2D eigenvalue weighted by Crippen LogP contribution is 2.31. The summed E-state index contributed by atoms with van der Waals surface area (Å²) in [5.74, 6) is -0.751. The highest BCUT2D eigenvalue weighted by Gasteiger charge is 2.29. The highest BCUT2D eigenvalue weighted by molar-refractivity contribution is 5.73. The average molecular weight is 426 g/mol. The van der Waals surface area contributed by atoms with E-state index >= 15 is 0 Å². The van der Waals surface area contributed by atoms with Crippen molar-refractivity contribution in [2.75, 3.05) is 5.32 Å². The Bertz CT molecular complexity index is 885. The lowest BCUT2D eigenvalue weighted by atomic mass is 10.1. The fraction of sp³-hybridized carbons (Fsp3) is 0.350. The molecule has 0 aliphatic heterocycles. The number of carbonyl (C=O) groups is 1. The lowest BCUT2D eigenvalue weighted by molar-refractivity contribution is -0.384. The van der Waals surface area contributed by atoms with Crippen LogP contribution in [0.15, 0.2) is 42.5 Å². The number of nitrogens with one attached hydrogen (secondary N) is 1. The molecule has 0 aliphatic rings. The van der Waals surface area contributed by atoms with Crippen molar-refractivity contribution in [1.82, 2.24) is 0 Å². The summed E-state index contributed by atoms with van der Waals surface area (Å²) in [4.78, 5) is 21.8. The molecule has 0 bridgehead atoms. The number of benzene rings is 2. The van der Waals surface area contributed by atoms with E-state index in [9.17, 15) is 33.2 Å².